The zero-order valence-electron chi connectivity index (χ0n) is 4.79. The van der Waals surface area contributed by atoms with Crippen LogP contribution in [0.3, 0.4) is 0 Å². The lowest BCUT2D eigenvalue weighted by Gasteiger charge is -2.21. The molecule has 0 nitrogen and oxygen atoms in total. The molecule has 8 heavy (non-hydrogen) atoms. The molecule has 0 unspecified atom stereocenters. The fourth-order valence-corrected chi connectivity index (χ4v) is 1.22. The highest BCUT2D eigenvalue weighted by Crippen LogP contribution is 2.58. The Morgan fingerprint density at radius 3 is 1.75 bits per heavy atom. The zero-order valence-corrected chi connectivity index (χ0v) is 7.95. The van der Waals surface area contributed by atoms with Gasteiger partial charge in [-0.3, -0.25) is 0 Å². The molecule has 0 N–H and O–H groups in total. The second-order valence-corrected chi connectivity index (χ2v) is 6.67. The standard InChI is InChI=1S/C4H8Cl3P/c1-4(2,3-5)8(6)7/h3H2,1-2H3. The summed E-state index contributed by atoms with van der Waals surface area (Å²) in [4.78, 5) is 0. The van der Waals surface area contributed by atoms with Gasteiger partial charge in [-0.2, -0.15) is 0 Å². The van der Waals surface area contributed by atoms with Crippen LogP contribution in [0.1, 0.15) is 13.8 Å². The average molecular weight is 193 g/mol. The third kappa shape index (κ3) is 2.73. The molecule has 0 aliphatic heterocycles. The third-order valence-electron chi connectivity index (χ3n) is 0.785. The summed E-state index contributed by atoms with van der Waals surface area (Å²) in [7, 11) is 0. The molecule has 0 amide bonds. The van der Waals surface area contributed by atoms with E-state index >= 15 is 0 Å². The lowest BCUT2D eigenvalue weighted by Crippen LogP contribution is -2.14. The predicted octanol–water partition coefficient (Wildman–Crippen LogP) is 3.79. The topological polar surface area (TPSA) is 0 Å². The highest BCUT2D eigenvalue weighted by Gasteiger charge is 2.24. The van der Waals surface area contributed by atoms with Crippen LogP contribution in [0.25, 0.3) is 0 Å². The number of alkyl halides is 1. The first kappa shape index (κ1) is 9.30. The van der Waals surface area contributed by atoms with Crippen molar-refractivity contribution in [2.45, 2.75) is 19.0 Å². The lowest BCUT2D eigenvalue weighted by molar-refractivity contribution is 0.807. The number of rotatable bonds is 2. The minimum atomic E-state index is -0.931. The van der Waals surface area contributed by atoms with Crippen molar-refractivity contribution in [3.8, 4) is 0 Å². The van der Waals surface area contributed by atoms with E-state index in [1.807, 2.05) is 13.8 Å². The molecule has 0 rings (SSSR count). The number of halogens is 3. The third-order valence-corrected chi connectivity index (χ3v) is 5.46. The van der Waals surface area contributed by atoms with Crippen molar-refractivity contribution in [1.29, 1.82) is 0 Å². The molecule has 0 fully saturated rings. The van der Waals surface area contributed by atoms with E-state index in [0.29, 0.717) is 5.88 Å². The monoisotopic (exact) mass is 192 g/mol. The van der Waals surface area contributed by atoms with E-state index in [1.54, 1.807) is 0 Å². The van der Waals surface area contributed by atoms with Crippen molar-refractivity contribution >= 4 is 40.7 Å². The van der Waals surface area contributed by atoms with Crippen LogP contribution >= 0.6 is 40.7 Å². The Bertz CT molecular complexity index is 71.7. The summed E-state index contributed by atoms with van der Waals surface area (Å²) >= 11 is 16.8. The first-order chi connectivity index (χ1) is 3.50. The molecule has 0 aromatic carbocycles. The molecule has 0 aromatic heterocycles. The van der Waals surface area contributed by atoms with E-state index in [-0.39, 0.29) is 5.16 Å². The van der Waals surface area contributed by atoms with E-state index in [2.05, 4.69) is 0 Å². The maximum atomic E-state index is 5.62. The smallest absolute Gasteiger partial charge is 0.0923 e. The van der Waals surface area contributed by atoms with Crippen molar-refractivity contribution in [2.75, 3.05) is 5.88 Å². The van der Waals surface area contributed by atoms with Gasteiger partial charge >= 0.3 is 0 Å². The first-order valence-electron chi connectivity index (χ1n) is 2.18. The minimum Gasteiger partial charge on any atom is -0.126 e. The second kappa shape index (κ2) is 3.46. The molecular weight excluding hydrogens is 185 g/mol. The Labute approximate surface area is 65.8 Å². The molecule has 0 radical (unpaired) electrons. The van der Waals surface area contributed by atoms with Crippen molar-refractivity contribution in [1.82, 2.24) is 0 Å². The molecule has 0 aliphatic carbocycles. The fraction of sp³-hybridized carbons (Fsp3) is 1.00. The Hall–Kier alpha value is 1.30. The minimum absolute atomic E-state index is 0.0972. The van der Waals surface area contributed by atoms with Crippen molar-refractivity contribution < 1.29 is 0 Å². The van der Waals surface area contributed by atoms with Crippen LogP contribution < -0.4 is 0 Å². The molecule has 0 spiro atoms. The van der Waals surface area contributed by atoms with Gasteiger partial charge in [0.05, 0.1) is 6.63 Å². The predicted molar refractivity (Wildman–Crippen MR) is 43.4 cm³/mol. The molecule has 0 aliphatic rings. The van der Waals surface area contributed by atoms with Crippen LogP contribution in [0.15, 0.2) is 0 Å². The van der Waals surface area contributed by atoms with E-state index < -0.39 is 6.63 Å². The normalized spacial score (nSPS) is 12.8. The molecule has 0 saturated heterocycles. The lowest BCUT2D eigenvalue weighted by atomic mass is 10.2. The van der Waals surface area contributed by atoms with Crippen LogP contribution in [-0.4, -0.2) is 11.0 Å². The van der Waals surface area contributed by atoms with E-state index in [0.717, 1.165) is 0 Å². The SMILES string of the molecule is CC(C)(CCl)P(Cl)Cl. The Morgan fingerprint density at radius 1 is 1.38 bits per heavy atom. The van der Waals surface area contributed by atoms with Gasteiger partial charge in [0.25, 0.3) is 0 Å². The van der Waals surface area contributed by atoms with Crippen LogP contribution in [-0.2, 0) is 0 Å². The molecule has 0 saturated carbocycles. The highest BCUT2D eigenvalue weighted by atomic mass is 35.9. The molecule has 0 atom stereocenters. The Balaban J connectivity index is 3.71. The van der Waals surface area contributed by atoms with Crippen molar-refractivity contribution in [3.63, 3.8) is 0 Å². The van der Waals surface area contributed by atoms with Gasteiger partial charge in [0.1, 0.15) is 0 Å². The van der Waals surface area contributed by atoms with E-state index in [4.69, 9.17) is 34.1 Å². The molecular formula is C4H8Cl3P. The summed E-state index contributed by atoms with van der Waals surface area (Å²) in [6.07, 6.45) is 0. The van der Waals surface area contributed by atoms with Gasteiger partial charge in [-0.15, -0.1) is 11.6 Å². The summed E-state index contributed by atoms with van der Waals surface area (Å²) in [5.74, 6) is 0.520. The molecule has 4 heteroatoms. The van der Waals surface area contributed by atoms with Crippen LogP contribution in [0.5, 0.6) is 0 Å². The highest BCUT2D eigenvalue weighted by molar-refractivity contribution is 8.04. The largest absolute Gasteiger partial charge is 0.126 e. The fourth-order valence-electron chi connectivity index (χ4n) is 0.0452. The van der Waals surface area contributed by atoms with Gasteiger partial charge in [0.15, 0.2) is 0 Å². The van der Waals surface area contributed by atoms with E-state index in [1.165, 1.54) is 0 Å². The van der Waals surface area contributed by atoms with Gasteiger partial charge in [-0.1, -0.05) is 36.3 Å². The maximum absolute atomic E-state index is 5.62. The average Bonchev–Trinajstić information content (AvgIpc) is 1.67. The quantitative estimate of drug-likeness (QED) is 0.462. The number of hydrogen-bond acceptors (Lipinski definition) is 0. The molecule has 50 valence electrons. The number of hydrogen-bond donors (Lipinski definition) is 0. The zero-order chi connectivity index (χ0) is 6.78. The Morgan fingerprint density at radius 2 is 1.75 bits per heavy atom. The van der Waals surface area contributed by atoms with E-state index in [9.17, 15) is 0 Å². The summed E-state index contributed by atoms with van der Waals surface area (Å²) in [5, 5.41) is -0.0972. The molecule has 0 aromatic rings. The van der Waals surface area contributed by atoms with Gasteiger partial charge in [0, 0.05) is 11.0 Å². The van der Waals surface area contributed by atoms with Crippen LogP contribution in [0, 0.1) is 0 Å². The van der Waals surface area contributed by atoms with Crippen LogP contribution in [0.4, 0.5) is 0 Å². The summed E-state index contributed by atoms with van der Waals surface area (Å²) in [6, 6.07) is 0. The maximum Gasteiger partial charge on any atom is 0.0923 e. The van der Waals surface area contributed by atoms with Gasteiger partial charge < -0.3 is 0 Å². The summed E-state index contributed by atoms with van der Waals surface area (Å²) in [6.45, 7) is 2.97. The van der Waals surface area contributed by atoms with Crippen molar-refractivity contribution in [2.24, 2.45) is 0 Å². The summed E-state index contributed by atoms with van der Waals surface area (Å²) in [5.41, 5.74) is 0. The second-order valence-electron chi connectivity index (χ2n) is 2.18. The molecule has 0 heterocycles. The summed E-state index contributed by atoms with van der Waals surface area (Å²) < 4.78 is 0. The first-order valence-corrected chi connectivity index (χ1v) is 5.87. The Kier molecular flexibility index (Phi) is 4.03. The molecule has 0 bridgehead atoms. The van der Waals surface area contributed by atoms with Gasteiger partial charge in [0.2, 0.25) is 0 Å². The van der Waals surface area contributed by atoms with Crippen molar-refractivity contribution in [3.05, 3.63) is 0 Å². The van der Waals surface area contributed by atoms with Gasteiger partial charge in [-0.05, 0) is 0 Å². The van der Waals surface area contributed by atoms with Gasteiger partial charge in [-0.25, -0.2) is 0 Å². The van der Waals surface area contributed by atoms with Crippen LogP contribution in [0.2, 0.25) is 0 Å².